The number of imidazole rings is 1. The summed E-state index contributed by atoms with van der Waals surface area (Å²) >= 11 is 0. The Kier molecular flexibility index (Phi) is 4.40. The fraction of sp³-hybridized carbons (Fsp3) is 0.600. The summed E-state index contributed by atoms with van der Waals surface area (Å²) in [6.07, 6.45) is 8.07. The second-order valence-corrected chi connectivity index (χ2v) is 5.34. The van der Waals surface area contributed by atoms with Crippen molar-refractivity contribution < 1.29 is 0 Å². The number of nitrogens with zero attached hydrogens (tertiary/aromatic N) is 3. The maximum Gasteiger partial charge on any atom is 0.202 e. The minimum atomic E-state index is 0.358. The maximum absolute atomic E-state index is 6.07. The monoisotopic (exact) mass is 260 g/mol. The van der Waals surface area contributed by atoms with Crippen LogP contribution in [0.3, 0.4) is 0 Å². The molecule has 4 heteroatoms. The number of fused-ring (bicyclic) bond motifs is 1. The van der Waals surface area contributed by atoms with Gasteiger partial charge in [0.25, 0.3) is 0 Å². The highest BCUT2D eigenvalue weighted by Gasteiger charge is 2.15. The van der Waals surface area contributed by atoms with E-state index in [1.807, 2.05) is 19.2 Å². The fourth-order valence-electron chi connectivity index (χ4n) is 2.56. The molecule has 2 rings (SSSR count). The number of nitrogens with two attached hydrogens (primary N) is 1. The molecule has 0 amide bonds. The maximum atomic E-state index is 6.07. The summed E-state index contributed by atoms with van der Waals surface area (Å²) in [7, 11) is 0. The largest absolute Gasteiger partial charge is 0.369 e. The summed E-state index contributed by atoms with van der Waals surface area (Å²) in [6, 6.07) is 2.33. The molecule has 1 unspecified atom stereocenters. The lowest BCUT2D eigenvalue weighted by molar-refractivity contribution is 0.484. The molecule has 2 aromatic heterocycles. The van der Waals surface area contributed by atoms with Gasteiger partial charge in [-0.2, -0.15) is 0 Å². The average Bonchev–Trinajstić information content (AvgIpc) is 2.72. The van der Waals surface area contributed by atoms with Gasteiger partial charge in [0.2, 0.25) is 5.95 Å². The number of unbranched alkanes of at least 4 members (excludes halogenated alkanes) is 3. The summed E-state index contributed by atoms with van der Waals surface area (Å²) in [5, 5.41) is 0. The lowest BCUT2D eigenvalue weighted by Gasteiger charge is -2.15. The van der Waals surface area contributed by atoms with Crippen LogP contribution in [0.4, 0.5) is 5.95 Å². The lowest BCUT2D eigenvalue weighted by Crippen LogP contribution is -2.09. The Morgan fingerprint density at radius 2 is 2.11 bits per heavy atom. The average molecular weight is 260 g/mol. The van der Waals surface area contributed by atoms with Crippen LogP contribution in [0.1, 0.15) is 57.6 Å². The van der Waals surface area contributed by atoms with Crippen LogP contribution in [0, 0.1) is 6.92 Å². The van der Waals surface area contributed by atoms with E-state index in [1.54, 1.807) is 0 Å². The Hall–Kier alpha value is -1.58. The van der Waals surface area contributed by atoms with Gasteiger partial charge in [-0.3, -0.25) is 4.57 Å². The van der Waals surface area contributed by atoms with Gasteiger partial charge >= 0.3 is 0 Å². The van der Waals surface area contributed by atoms with Crippen molar-refractivity contribution in [3.05, 3.63) is 17.8 Å². The van der Waals surface area contributed by atoms with Crippen LogP contribution in [0.25, 0.3) is 11.2 Å². The molecule has 0 radical (unpaired) electrons. The Labute approximate surface area is 115 Å². The van der Waals surface area contributed by atoms with Crippen molar-refractivity contribution in [2.45, 2.75) is 58.9 Å². The number of anilines is 1. The number of aryl methyl sites for hydroxylation is 1. The summed E-state index contributed by atoms with van der Waals surface area (Å²) < 4.78 is 2.08. The number of hydrogen-bond acceptors (Lipinski definition) is 3. The van der Waals surface area contributed by atoms with Crippen molar-refractivity contribution in [1.29, 1.82) is 0 Å². The first-order valence-electron chi connectivity index (χ1n) is 7.24. The van der Waals surface area contributed by atoms with Gasteiger partial charge < -0.3 is 5.73 Å². The van der Waals surface area contributed by atoms with Crippen molar-refractivity contribution in [2.24, 2.45) is 0 Å². The van der Waals surface area contributed by atoms with Crippen LogP contribution in [-0.4, -0.2) is 14.5 Å². The van der Waals surface area contributed by atoms with Crippen LogP contribution in [-0.2, 0) is 0 Å². The van der Waals surface area contributed by atoms with Crippen molar-refractivity contribution in [3.63, 3.8) is 0 Å². The second kappa shape index (κ2) is 6.04. The van der Waals surface area contributed by atoms with Crippen molar-refractivity contribution >= 4 is 17.1 Å². The van der Waals surface area contributed by atoms with Gasteiger partial charge in [0.05, 0.1) is 0 Å². The smallest absolute Gasteiger partial charge is 0.202 e. The Morgan fingerprint density at radius 3 is 2.84 bits per heavy atom. The Morgan fingerprint density at radius 1 is 1.32 bits per heavy atom. The second-order valence-electron chi connectivity index (χ2n) is 5.34. The molecule has 104 valence electrons. The molecular formula is C15H24N4. The standard InChI is InChI=1S/C15H24N4/c1-4-5-6-7-8-12(3)19-14-13(18-15(19)16)11(2)9-10-17-14/h9-10,12H,4-8H2,1-3H3,(H2,16,18). The quantitative estimate of drug-likeness (QED) is 0.802. The summed E-state index contributed by atoms with van der Waals surface area (Å²) in [5.41, 5.74) is 9.05. The zero-order valence-corrected chi connectivity index (χ0v) is 12.2. The van der Waals surface area contributed by atoms with Crippen LogP contribution in [0.5, 0.6) is 0 Å². The minimum Gasteiger partial charge on any atom is -0.369 e. The molecule has 4 nitrogen and oxygen atoms in total. The summed E-state index contributed by atoms with van der Waals surface area (Å²) in [4.78, 5) is 8.91. The molecule has 19 heavy (non-hydrogen) atoms. The van der Waals surface area contributed by atoms with Gasteiger partial charge in [-0.1, -0.05) is 32.6 Å². The van der Waals surface area contributed by atoms with E-state index in [1.165, 1.54) is 25.7 Å². The van der Waals surface area contributed by atoms with Crippen molar-refractivity contribution in [2.75, 3.05) is 5.73 Å². The summed E-state index contributed by atoms with van der Waals surface area (Å²) in [5.74, 6) is 0.583. The molecule has 0 saturated heterocycles. The predicted molar refractivity (Wildman–Crippen MR) is 80.1 cm³/mol. The number of aromatic nitrogens is 3. The highest BCUT2D eigenvalue weighted by molar-refractivity contribution is 5.77. The topological polar surface area (TPSA) is 56.7 Å². The van der Waals surface area contributed by atoms with E-state index in [4.69, 9.17) is 5.73 Å². The molecule has 0 aliphatic carbocycles. The first kappa shape index (κ1) is 13.8. The summed E-state index contributed by atoms with van der Waals surface area (Å²) in [6.45, 7) is 6.48. The van der Waals surface area contributed by atoms with E-state index in [2.05, 4.69) is 28.4 Å². The third-order valence-corrected chi connectivity index (χ3v) is 3.72. The number of pyridine rings is 1. The molecule has 0 aliphatic heterocycles. The van der Waals surface area contributed by atoms with Gasteiger partial charge in [0, 0.05) is 12.2 Å². The molecule has 0 aliphatic rings. The molecule has 2 aromatic rings. The lowest BCUT2D eigenvalue weighted by atomic mass is 10.1. The predicted octanol–water partition coefficient (Wildman–Crippen LogP) is 3.85. The van der Waals surface area contributed by atoms with E-state index in [0.29, 0.717) is 12.0 Å². The third-order valence-electron chi connectivity index (χ3n) is 3.72. The number of hydrogen-bond donors (Lipinski definition) is 1. The van der Waals surface area contributed by atoms with Gasteiger partial charge in [-0.15, -0.1) is 0 Å². The molecule has 0 aromatic carbocycles. The highest BCUT2D eigenvalue weighted by atomic mass is 15.2. The third kappa shape index (κ3) is 2.88. The van der Waals surface area contributed by atoms with Gasteiger partial charge in [0.15, 0.2) is 5.65 Å². The number of rotatable bonds is 6. The first-order chi connectivity index (χ1) is 9.15. The van der Waals surface area contributed by atoms with Crippen LogP contribution >= 0.6 is 0 Å². The van der Waals surface area contributed by atoms with Crippen LogP contribution < -0.4 is 5.73 Å². The van der Waals surface area contributed by atoms with Gasteiger partial charge in [-0.05, 0) is 31.9 Å². The molecule has 0 bridgehead atoms. The molecule has 0 saturated carbocycles. The minimum absolute atomic E-state index is 0.358. The van der Waals surface area contributed by atoms with Crippen molar-refractivity contribution in [1.82, 2.24) is 14.5 Å². The zero-order chi connectivity index (χ0) is 13.8. The van der Waals surface area contributed by atoms with E-state index >= 15 is 0 Å². The SMILES string of the molecule is CCCCCCC(C)n1c(N)nc2c(C)ccnc21. The molecule has 0 spiro atoms. The molecular weight excluding hydrogens is 236 g/mol. The zero-order valence-electron chi connectivity index (χ0n) is 12.2. The van der Waals surface area contributed by atoms with E-state index in [9.17, 15) is 0 Å². The van der Waals surface area contributed by atoms with Gasteiger partial charge in [0.1, 0.15) is 5.52 Å². The molecule has 1 atom stereocenters. The van der Waals surface area contributed by atoms with E-state index in [-0.39, 0.29) is 0 Å². The number of nitrogen functional groups attached to an aromatic ring is 1. The van der Waals surface area contributed by atoms with Crippen LogP contribution in [0.15, 0.2) is 12.3 Å². The molecule has 0 fully saturated rings. The fourth-order valence-corrected chi connectivity index (χ4v) is 2.56. The molecule has 2 heterocycles. The highest BCUT2D eigenvalue weighted by Crippen LogP contribution is 2.26. The van der Waals surface area contributed by atoms with Crippen molar-refractivity contribution in [3.8, 4) is 0 Å². The molecule has 2 N–H and O–H groups in total. The van der Waals surface area contributed by atoms with E-state index < -0.39 is 0 Å². The Balaban J connectivity index is 2.19. The Bertz CT molecular complexity index is 544. The first-order valence-corrected chi connectivity index (χ1v) is 7.24. The van der Waals surface area contributed by atoms with Crippen LogP contribution in [0.2, 0.25) is 0 Å². The van der Waals surface area contributed by atoms with Gasteiger partial charge in [-0.25, -0.2) is 9.97 Å². The van der Waals surface area contributed by atoms with E-state index in [0.717, 1.165) is 23.1 Å². The normalized spacial score (nSPS) is 13.0.